The number of amides is 1. The SMILES string of the molecule is COc1cc(/N=N\c2ccc(/N=N\c3cc4nn(-c5cccc(S(=O)(=O)O)c5)nc4cc3S(=O)(=O)O)c(C)c2)c(C)cc1/N=N\c1c(S(=O)(=O)O)cc2cc(NC=O)ccc2c1O. The lowest BCUT2D eigenvalue weighted by molar-refractivity contribution is -0.105. The summed E-state index contributed by atoms with van der Waals surface area (Å²) in [5.74, 6) is -0.456. The van der Waals surface area contributed by atoms with Gasteiger partial charge < -0.3 is 15.2 Å². The Balaban J connectivity index is 1.14. The van der Waals surface area contributed by atoms with Crippen molar-refractivity contribution in [2.75, 3.05) is 12.4 Å². The summed E-state index contributed by atoms with van der Waals surface area (Å²) in [5.41, 5.74) is 1.93. The van der Waals surface area contributed by atoms with E-state index in [9.17, 15) is 48.8 Å². The molecule has 6 aromatic carbocycles. The fourth-order valence-corrected chi connectivity index (χ4v) is 7.86. The Bertz CT molecular complexity index is 3470. The fourth-order valence-electron chi connectivity index (χ4n) is 6.05. The van der Waals surface area contributed by atoms with Gasteiger partial charge in [0.05, 0.1) is 34.8 Å². The standard InChI is InChI=1S/C38H30N10O12S3/c1-20-11-24(8-10-28(20)41-44-33-16-30-31(18-35(33)62(54,55)56)47-48(46-30)25-5-4-6-26(15-25)61(51,52)53)40-42-29-17-34(60-3)32(12-21(29)2)43-45-37-36(63(57,58)59)14-22-13-23(39-19-49)7-9-27(22)38(37)50/h4-19,50H,1-3H3,(H,39,49)(H,51,52,53)(H,54,55,56)(H,57,58,59)/b42-40-,44-41-,45-43-. The molecule has 1 heterocycles. The molecule has 25 heteroatoms. The van der Waals surface area contributed by atoms with E-state index in [0.717, 1.165) is 29.1 Å². The molecular formula is C38H30N10O12S3. The number of aromatic nitrogens is 3. The summed E-state index contributed by atoms with van der Waals surface area (Å²) in [4.78, 5) is 10.1. The largest absolute Gasteiger partial charge is 0.505 e. The van der Waals surface area contributed by atoms with Gasteiger partial charge in [-0.1, -0.05) is 6.07 Å². The summed E-state index contributed by atoms with van der Waals surface area (Å²) in [5, 5.41) is 47.1. The molecule has 1 amide bonds. The Hall–Kier alpha value is -7.42. The summed E-state index contributed by atoms with van der Waals surface area (Å²) in [6, 6.07) is 20.4. The summed E-state index contributed by atoms with van der Waals surface area (Å²) in [7, 11) is -13.0. The first kappa shape index (κ1) is 43.7. The Morgan fingerprint density at radius 1 is 0.651 bits per heavy atom. The predicted molar refractivity (Wildman–Crippen MR) is 225 cm³/mol. The molecule has 0 saturated heterocycles. The Kier molecular flexibility index (Phi) is 11.6. The first-order valence-electron chi connectivity index (χ1n) is 17.7. The van der Waals surface area contributed by atoms with E-state index < -0.39 is 56.5 Å². The third-order valence-corrected chi connectivity index (χ3v) is 11.7. The average molecular weight is 915 g/mol. The van der Waals surface area contributed by atoms with Crippen LogP contribution in [-0.2, 0) is 35.1 Å². The smallest absolute Gasteiger partial charge is 0.296 e. The van der Waals surface area contributed by atoms with Crippen LogP contribution in [0.1, 0.15) is 11.1 Å². The number of aromatic hydroxyl groups is 1. The number of ether oxygens (including phenoxy) is 1. The van der Waals surface area contributed by atoms with Gasteiger partial charge in [-0.3, -0.25) is 18.5 Å². The topological polar surface area (TPSA) is 327 Å². The number of anilines is 1. The molecule has 0 unspecified atom stereocenters. The van der Waals surface area contributed by atoms with E-state index in [1.54, 1.807) is 26.0 Å². The van der Waals surface area contributed by atoms with E-state index in [1.807, 2.05) is 0 Å². The molecule has 0 fully saturated rings. The molecule has 0 atom stereocenters. The van der Waals surface area contributed by atoms with Crippen molar-refractivity contribution in [3.63, 3.8) is 0 Å². The minimum absolute atomic E-state index is 0.0120. The second kappa shape index (κ2) is 16.8. The quantitative estimate of drug-likeness (QED) is 0.0412. The van der Waals surface area contributed by atoms with E-state index in [0.29, 0.717) is 40.3 Å². The highest BCUT2D eigenvalue weighted by atomic mass is 32.2. The number of nitrogens with one attached hydrogen (secondary N) is 1. The molecule has 5 N–H and O–H groups in total. The summed E-state index contributed by atoms with van der Waals surface area (Å²) < 4.78 is 107. The van der Waals surface area contributed by atoms with Crippen molar-refractivity contribution in [3.05, 3.63) is 102 Å². The number of nitrogens with zero attached hydrogens (tertiary/aromatic N) is 9. The van der Waals surface area contributed by atoms with Crippen molar-refractivity contribution in [1.29, 1.82) is 0 Å². The highest BCUT2D eigenvalue weighted by molar-refractivity contribution is 7.86. The molecule has 7 aromatic rings. The molecule has 0 aliphatic heterocycles. The summed E-state index contributed by atoms with van der Waals surface area (Å²) in [6.45, 7) is 3.37. The molecule has 0 aliphatic rings. The second-order valence-corrected chi connectivity index (χ2v) is 17.6. The first-order valence-corrected chi connectivity index (χ1v) is 22.0. The number of methoxy groups -OCH3 is 1. The van der Waals surface area contributed by atoms with Crippen molar-refractivity contribution >= 4 is 98.4 Å². The Morgan fingerprint density at radius 3 is 1.98 bits per heavy atom. The maximum absolute atomic E-state index is 12.4. The van der Waals surface area contributed by atoms with Gasteiger partial charge in [0.1, 0.15) is 43.6 Å². The van der Waals surface area contributed by atoms with Gasteiger partial charge in [0.15, 0.2) is 5.75 Å². The minimum atomic E-state index is -4.92. The van der Waals surface area contributed by atoms with Gasteiger partial charge in [0.2, 0.25) is 6.41 Å². The van der Waals surface area contributed by atoms with Crippen LogP contribution in [0.3, 0.4) is 0 Å². The first-order chi connectivity index (χ1) is 29.7. The van der Waals surface area contributed by atoms with E-state index in [4.69, 9.17) is 4.74 Å². The maximum atomic E-state index is 12.4. The fraction of sp³-hybridized carbons (Fsp3) is 0.0789. The van der Waals surface area contributed by atoms with Crippen molar-refractivity contribution in [3.8, 4) is 17.2 Å². The number of hydrogen-bond acceptors (Lipinski definition) is 17. The van der Waals surface area contributed by atoms with Crippen LogP contribution in [0.4, 0.5) is 39.8 Å². The Labute approximate surface area is 356 Å². The third kappa shape index (κ3) is 9.42. The molecule has 322 valence electrons. The number of fused-ring (bicyclic) bond motifs is 2. The van der Waals surface area contributed by atoms with Gasteiger partial charge in [-0.15, -0.1) is 25.5 Å². The molecule has 1 aromatic heterocycles. The third-order valence-electron chi connectivity index (χ3n) is 9.11. The van der Waals surface area contributed by atoms with Crippen molar-refractivity contribution in [2.24, 2.45) is 30.7 Å². The Morgan fingerprint density at radius 2 is 1.32 bits per heavy atom. The second-order valence-electron chi connectivity index (χ2n) is 13.4. The van der Waals surface area contributed by atoms with Crippen molar-refractivity contribution < 1.29 is 53.5 Å². The molecule has 0 aliphatic carbocycles. The molecule has 0 radical (unpaired) electrons. The lowest BCUT2D eigenvalue weighted by atomic mass is 10.1. The number of aryl methyl sites for hydroxylation is 2. The van der Waals surface area contributed by atoms with Gasteiger partial charge in [0, 0.05) is 17.1 Å². The summed E-state index contributed by atoms with van der Waals surface area (Å²) in [6.07, 6.45) is 0.421. The van der Waals surface area contributed by atoms with Crippen LogP contribution in [-0.4, -0.2) is 72.5 Å². The van der Waals surface area contributed by atoms with E-state index >= 15 is 0 Å². The maximum Gasteiger partial charge on any atom is 0.296 e. The number of hydrogen-bond donors (Lipinski definition) is 5. The van der Waals surface area contributed by atoms with Crippen molar-refractivity contribution in [1.82, 2.24) is 15.0 Å². The lowest BCUT2D eigenvalue weighted by Crippen LogP contribution is -2.02. The lowest BCUT2D eigenvalue weighted by Gasteiger charge is -2.11. The van der Waals surface area contributed by atoms with Gasteiger partial charge in [-0.05, 0) is 109 Å². The van der Waals surface area contributed by atoms with Gasteiger partial charge in [0.25, 0.3) is 30.4 Å². The monoisotopic (exact) mass is 914 g/mol. The number of benzene rings is 6. The predicted octanol–water partition coefficient (Wildman–Crippen LogP) is 8.46. The number of phenols is 1. The molecule has 0 bridgehead atoms. The van der Waals surface area contributed by atoms with Crippen LogP contribution in [0.5, 0.6) is 11.5 Å². The molecular weight excluding hydrogens is 885 g/mol. The average Bonchev–Trinajstić information content (AvgIpc) is 3.65. The van der Waals surface area contributed by atoms with Crippen LogP contribution in [0.15, 0.2) is 136 Å². The highest BCUT2D eigenvalue weighted by Gasteiger charge is 2.23. The van der Waals surface area contributed by atoms with Crippen molar-refractivity contribution in [2.45, 2.75) is 28.5 Å². The van der Waals surface area contributed by atoms with Crippen LogP contribution in [0.2, 0.25) is 0 Å². The zero-order valence-electron chi connectivity index (χ0n) is 32.5. The van der Waals surface area contributed by atoms with Crippen LogP contribution in [0, 0.1) is 13.8 Å². The zero-order valence-corrected chi connectivity index (χ0v) is 35.0. The van der Waals surface area contributed by atoms with Gasteiger partial charge in [-0.25, -0.2) is 0 Å². The molecule has 22 nitrogen and oxygen atoms in total. The molecule has 0 saturated carbocycles. The minimum Gasteiger partial charge on any atom is -0.505 e. The number of phenolic OH excluding ortho intramolecular Hbond substituents is 1. The highest BCUT2D eigenvalue weighted by Crippen LogP contribution is 2.44. The van der Waals surface area contributed by atoms with Crippen LogP contribution >= 0.6 is 0 Å². The van der Waals surface area contributed by atoms with Gasteiger partial charge in [-0.2, -0.15) is 45.4 Å². The molecule has 63 heavy (non-hydrogen) atoms. The van der Waals surface area contributed by atoms with E-state index in [-0.39, 0.29) is 44.6 Å². The number of carbonyl (C=O) groups excluding carboxylic acids is 1. The van der Waals surface area contributed by atoms with Gasteiger partial charge >= 0.3 is 0 Å². The number of carbonyl (C=O) groups is 1. The number of rotatable bonds is 13. The zero-order chi connectivity index (χ0) is 45.4. The van der Waals surface area contributed by atoms with E-state index in [1.165, 1.54) is 61.7 Å². The van der Waals surface area contributed by atoms with E-state index in [2.05, 4.69) is 46.2 Å². The molecule has 0 spiro atoms. The normalized spacial score (nSPS) is 12.6. The number of azo groups is 3. The summed E-state index contributed by atoms with van der Waals surface area (Å²) >= 11 is 0. The molecule has 7 rings (SSSR count). The van der Waals surface area contributed by atoms with Crippen LogP contribution < -0.4 is 10.1 Å². The van der Waals surface area contributed by atoms with Crippen LogP contribution in [0.25, 0.3) is 27.5 Å².